The maximum Gasteiger partial charge on any atom is 0.332 e. The third-order valence-corrected chi connectivity index (χ3v) is 11.2. The second-order valence-electron chi connectivity index (χ2n) is 18.3. The Labute approximate surface area is 425 Å². The van der Waals surface area contributed by atoms with Crippen molar-refractivity contribution in [3.05, 3.63) is 48.6 Å². The Bertz CT molecular complexity index is 1290. The van der Waals surface area contributed by atoms with Gasteiger partial charge in [-0.2, -0.15) is 0 Å². The van der Waals surface area contributed by atoms with Gasteiger partial charge >= 0.3 is 29.8 Å². The lowest BCUT2D eigenvalue weighted by Gasteiger charge is -2.18. The van der Waals surface area contributed by atoms with Crippen molar-refractivity contribution in [2.45, 2.75) is 213 Å². The zero-order valence-electron chi connectivity index (χ0n) is 44.6. The summed E-state index contributed by atoms with van der Waals surface area (Å²) >= 11 is 0. The fraction of sp³-hybridized carbons (Fsp3) is 0.772. The van der Waals surface area contributed by atoms with Gasteiger partial charge in [-0.1, -0.05) is 140 Å². The zero-order chi connectivity index (χ0) is 51.2. The van der Waals surface area contributed by atoms with Gasteiger partial charge in [-0.3, -0.25) is 4.79 Å². The van der Waals surface area contributed by atoms with Crippen LogP contribution in [0.4, 0.5) is 0 Å². The van der Waals surface area contributed by atoms with E-state index in [1.165, 1.54) is 89.9 Å². The molecular weight excluding hydrogens is 891 g/mol. The quantitative estimate of drug-likeness (QED) is 0.0246. The lowest BCUT2D eigenvalue weighted by atomic mass is 10.1. The van der Waals surface area contributed by atoms with Gasteiger partial charge < -0.3 is 38.1 Å². The van der Waals surface area contributed by atoms with Gasteiger partial charge in [0.2, 0.25) is 0 Å². The monoisotopic (exact) mass is 990 g/mol. The van der Waals surface area contributed by atoms with Crippen LogP contribution in [0.15, 0.2) is 48.6 Å². The molecule has 0 aliphatic heterocycles. The fourth-order valence-corrected chi connectivity index (χ4v) is 7.20. The van der Waals surface area contributed by atoms with Crippen molar-refractivity contribution in [2.75, 3.05) is 73.5 Å². The first-order valence-corrected chi connectivity index (χ1v) is 27.4. The molecule has 0 heterocycles. The molecule has 13 heteroatoms. The first kappa shape index (κ1) is 66.2. The van der Waals surface area contributed by atoms with E-state index in [1.807, 2.05) is 19.0 Å². The van der Waals surface area contributed by atoms with Gasteiger partial charge in [0.25, 0.3) is 0 Å². The van der Waals surface area contributed by atoms with Gasteiger partial charge in [-0.15, -0.1) is 0 Å². The molecule has 70 heavy (non-hydrogen) atoms. The predicted molar refractivity (Wildman–Crippen MR) is 280 cm³/mol. The van der Waals surface area contributed by atoms with Crippen LogP contribution in [0.3, 0.4) is 0 Å². The zero-order valence-corrected chi connectivity index (χ0v) is 44.6. The molecular formula is C57H99NO12. The fourth-order valence-electron chi connectivity index (χ4n) is 7.20. The molecule has 0 radical (unpaired) electrons. The van der Waals surface area contributed by atoms with Crippen LogP contribution in [-0.4, -0.2) is 114 Å². The molecule has 404 valence electrons. The van der Waals surface area contributed by atoms with E-state index in [1.54, 1.807) is 0 Å². The first-order valence-electron chi connectivity index (χ1n) is 27.4. The number of carbonyl (C=O) groups is 5. The van der Waals surface area contributed by atoms with Crippen molar-refractivity contribution >= 4 is 29.8 Å². The Morgan fingerprint density at radius 1 is 0.386 bits per heavy atom. The molecule has 0 bridgehead atoms. The standard InChI is InChI=1S/C57H99NO12/c1-5-7-9-11-13-15-17-19-21-23-25-27-29-31-33-35-44-66-54(60)48-64-50-56(62)68-46-38-40-52(70-53(59)42-37-43-58(3)4)41-39-47-69-57(63)51-65-49-55(61)67-45-36-34-32-30-28-26-24-22-20-18-16-14-12-10-8-6-2/h13-16,19-22,52H,5-12,17-18,23-51H2,1-4H3/b15-13-,16-14-,21-19-,22-20-. The number of rotatable bonds is 51. The third-order valence-electron chi connectivity index (χ3n) is 11.2. The number of carbonyl (C=O) groups excluding carboxylic acids is 5. The molecule has 0 fully saturated rings. The van der Waals surface area contributed by atoms with Crippen molar-refractivity contribution in [3.63, 3.8) is 0 Å². The molecule has 0 spiro atoms. The normalized spacial score (nSPS) is 11.8. The number of nitrogens with zero attached hydrogens (tertiary/aromatic N) is 1. The minimum atomic E-state index is -0.607. The first-order chi connectivity index (χ1) is 34.2. The molecule has 0 aromatic heterocycles. The second kappa shape index (κ2) is 53.0. The van der Waals surface area contributed by atoms with Gasteiger partial charge in [0, 0.05) is 6.42 Å². The Hall–Kier alpha value is -3.81. The number of hydrogen-bond acceptors (Lipinski definition) is 13. The van der Waals surface area contributed by atoms with Crippen LogP contribution in [0.2, 0.25) is 0 Å². The number of ether oxygens (including phenoxy) is 7. The van der Waals surface area contributed by atoms with E-state index in [-0.39, 0.29) is 52.0 Å². The summed E-state index contributed by atoms with van der Waals surface area (Å²) in [5, 5.41) is 0. The number of unbranched alkanes of at least 4 members (excludes halogenated alkanes) is 18. The highest BCUT2D eigenvalue weighted by molar-refractivity contribution is 5.74. The van der Waals surface area contributed by atoms with E-state index in [9.17, 15) is 24.0 Å². The highest BCUT2D eigenvalue weighted by atomic mass is 16.6. The van der Waals surface area contributed by atoms with Crippen molar-refractivity contribution in [2.24, 2.45) is 0 Å². The lowest BCUT2D eigenvalue weighted by Crippen LogP contribution is -2.22. The summed E-state index contributed by atoms with van der Waals surface area (Å²) in [5.41, 5.74) is 0. The smallest absolute Gasteiger partial charge is 0.332 e. The van der Waals surface area contributed by atoms with Crippen molar-refractivity contribution in [3.8, 4) is 0 Å². The van der Waals surface area contributed by atoms with Gasteiger partial charge in [-0.25, -0.2) is 19.2 Å². The maximum atomic E-state index is 12.6. The Kier molecular flexibility index (Phi) is 50.1. The second-order valence-corrected chi connectivity index (χ2v) is 18.3. The van der Waals surface area contributed by atoms with Crippen LogP contribution in [0, 0.1) is 0 Å². The minimum absolute atomic E-state index is 0.0832. The molecule has 0 atom stereocenters. The minimum Gasteiger partial charge on any atom is -0.464 e. The van der Waals surface area contributed by atoms with E-state index in [0.29, 0.717) is 45.3 Å². The summed E-state index contributed by atoms with van der Waals surface area (Å²) in [6.07, 6.45) is 47.6. The molecule has 0 rings (SSSR count). The Balaban J connectivity index is 4.09. The molecule has 0 saturated carbocycles. The van der Waals surface area contributed by atoms with E-state index in [4.69, 9.17) is 33.2 Å². The van der Waals surface area contributed by atoms with Gasteiger partial charge in [0.15, 0.2) is 0 Å². The lowest BCUT2D eigenvalue weighted by molar-refractivity contribution is -0.157. The van der Waals surface area contributed by atoms with Gasteiger partial charge in [0.1, 0.15) is 32.5 Å². The van der Waals surface area contributed by atoms with Crippen molar-refractivity contribution < 1.29 is 57.1 Å². The average molecular weight is 990 g/mol. The molecule has 0 saturated heterocycles. The molecule has 0 N–H and O–H groups in total. The third kappa shape index (κ3) is 52.0. The SMILES string of the molecule is CCCCC/C=C\C/C=C\CCCCCCCCOC(=O)COCC(=O)OCCCC(CCCOC(=O)COCC(=O)OCCCCCCCC/C=C\C/C=C\CCCCC)OC(=O)CCCN(C)C. The molecule has 0 unspecified atom stereocenters. The van der Waals surface area contributed by atoms with E-state index < -0.39 is 30.0 Å². The van der Waals surface area contributed by atoms with Crippen LogP contribution in [0.5, 0.6) is 0 Å². The summed E-state index contributed by atoms with van der Waals surface area (Å²) < 4.78 is 37.1. The van der Waals surface area contributed by atoms with E-state index in [0.717, 1.165) is 70.8 Å². The highest BCUT2D eigenvalue weighted by Crippen LogP contribution is 2.14. The molecule has 13 nitrogen and oxygen atoms in total. The Morgan fingerprint density at radius 2 is 0.714 bits per heavy atom. The van der Waals surface area contributed by atoms with Crippen LogP contribution >= 0.6 is 0 Å². The van der Waals surface area contributed by atoms with Crippen LogP contribution in [-0.2, 0) is 57.1 Å². The number of esters is 5. The van der Waals surface area contributed by atoms with Crippen LogP contribution < -0.4 is 0 Å². The summed E-state index contributed by atoms with van der Waals surface area (Å²) in [7, 11) is 3.87. The predicted octanol–water partition coefficient (Wildman–Crippen LogP) is 12.6. The van der Waals surface area contributed by atoms with Gasteiger partial charge in [0.05, 0.1) is 26.4 Å². The van der Waals surface area contributed by atoms with E-state index >= 15 is 0 Å². The highest BCUT2D eigenvalue weighted by Gasteiger charge is 2.16. The van der Waals surface area contributed by atoms with Crippen LogP contribution in [0.25, 0.3) is 0 Å². The maximum absolute atomic E-state index is 12.6. The Morgan fingerprint density at radius 3 is 1.07 bits per heavy atom. The summed E-state index contributed by atoms with van der Waals surface area (Å²) in [6.45, 7) is 4.61. The van der Waals surface area contributed by atoms with Crippen LogP contribution in [0.1, 0.15) is 206 Å². The number of allylic oxidation sites excluding steroid dienone is 8. The van der Waals surface area contributed by atoms with Crippen molar-refractivity contribution in [1.82, 2.24) is 4.90 Å². The molecule has 0 aliphatic carbocycles. The average Bonchev–Trinajstić information content (AvgIpc) is 3.33. The molecule has 0 aromatic carbocycles. The van der Waals surface area contributed by atoms with Gasteiger partial charge in [-0.05, 0) is 130 Å². The summed E-state index contributed by atoms with van der Waals surface area (Å²) in [5.74, 6) is -2.57. The summed E-state index contributed by atoms with van der Waals surface area (Å²) in [4.78, 5) is 63.0. The molecule has 0 aliphatic rings. The molecule has 0 amide bonds. The molecule has 0 aromatic rings. The summed E-state index contributed by atoms with van der Waals surface area (Å²) in [6, 6.07) is 0. The van der Waals surface area contributed by atoms with Crippen molar-refractivity contribution in [1.29, 1.82) is 0 Å². The topological polar surface area (TPSA) is 153 Å². The number of hydrogen-bond donors (Lipinski definition) is 0. The van der Waals surface area contributed by atoms with E-state index in [2.05, 4.69) is 62.5 Å². The largest absolute Gasteiger partial charge is 0.464 e.